The molecule has 0 fully saturated rings. The van der Waals surface area contributed by atoms with Crippen molar-refractivity contribution in [2.45, 2.75) is 46.3 Å². The van der Waals surface area contributed by atoms with Crippen LogP contribution in [-0.4, -0.2) is 34.2 Å². The summed E-state index contributed by atoms with van der Waals surface area (Å²) in [5.74, 6) is -0.175. The number of thiophene rings is 1. The second kappa shape index (κ2) is 11.4. The van der Waals surface area contributed by atoms with E-state index in [2.05, 4.69) is 34.3 Å². The number of hydrogen-bond donors (Lipinski definition) is 0. The van der Waals surface area contributed by atoms with Gasteiger partial charge in [-0.3, -0.25) is 9.59 Å². The Labute approximate surface area is 203 Å². The first kappa shape index (κ1) is 24.2. The summed E-state index contributed by atoms with van der Waals surface area (Å²) in [7, 11) is 0. The molecular formula is C26H29BrN2O2S. The highest BCUT2D eigenvalue weighted by molar-refractivity contribution is 9.10. The number of hydrogen-bond acceptors (Lipinski definition) is 3. The molecule has 0 aliphatic rings. The number of carbonyl (C=O) groups is 2. The van der Waals surface area contributed by atoms with Crippen molar-refractivity contribution in [1.82, 2.24) is 9.80 Å². The molecule has 6 heteroatoms. The van der Waals surface area contributed by atoms with Crippen molar-refractivity contribution in [3.05, 3.63) is 92.1 Å². The van der Waals surface area contributed by atoms with Gasteiger partial charge in [0, 0.05) is 27.5 Å². The maximum Gasteiger partial charge on any atom is 0.254 e. The summed E-state index contributed by atoms with van der Waals surface area (Å²) in [6, 6.07) is 19.4. The fourth-order valence-corrected chi connectivity index (χ4v) is 4.78. The Kier molecular flexibility index (Phi) is 8.65. The first-order chi connectivity index (χ1) is 15.4. The molecule has 0 saturated heterocycles. The highest BCUT2D eigenvalue weighted by Gasteiger charge is 2.26. The third kappa shape index (κ3) is 6.30. The smallest absolute Gasteiger partial charge is 0.254 e. The summed E-state index contributed by atoms with van der Waals surface area (Å²) < 4.78 is 0.845. The molecule has 0 aliphatic carbocycles. The van der Waals surface area contributed by atoms with Crippen LogP contribution in [0.25, 0.3) is 0 Å². The van der Waals surface area contributed by atoms with Gasteiger partial charge in [-0.05, 0) is 61.0 Å². The zero-order valence-corrected chi connectivity index (χ0v) is 21.2. The Morgan fingerprint density at radius 2 is 1.78 bits per heavy atom. The zero-order chi connectivity index (χ0) is 23.1. The minimum Gasteiger partial charge on any atom is -0.332 e. The van der Waals surface area contributed by atoms with Crippen LogP contribution in [0, 0.1) is 6.92 Å². The van der Waals surface area contributed by atoms with Crippen molar-refractivity contribution in [2.75, 3.05) is 6.54 Å². The Balaban J connectivity index is 1.85. The molecule has 4 nitrogen and oxygen atoms in total. The lowest BCUT2D eigenvalue weighted by Crippen LogP contribution is -2.46. The molecule has 3 rings (SSSR count). The van der Waals surface area contributed by atoms with Gasteiger partial charge in [-0.1, -0.05) is 59.3 Å². The van der Waals surface area contributed by atoms with Crippen molar-refractivity contribution >= 4 is 39.1 Å². The summed E-state index contributed by atoms with van der Waals surface area (Å²) in [4.78, 5) is 31.6. The van der Waals surface area contributed by atoms with Gasteiger partial charge in [0.15, 0.2) is 0 Å². The van der Waals surface area contributed by atoms with Gasteiger partial charge in [0.05, 0.1) is 6.54 Å². The van der Waals surface area contributed by atoms with Gasteiger partial charge >= 0.3 is 0 Å². The van der Waals surface area contributed by atoms with E-state index in [0.29, 0.717) is 18.7 Å². The van der Waals surface area contributed by atoms with E-state index in [0.717, 1.165) is 16.5 Å². The minimum atomic E-state index is -0.124. The van der Waals surface area contributed by atoms with E-state index < -0.39 is 0 Å². The van der Waals surface area contributed by atoms with Gasteiger partial charge in [0.1, 0.15) is 6.54 Å². The van der Waals surface area contributed by atoms with E-state index in [9.17, 15) is 9.59 Å². The van der Waals surface area contributed by atoms with Gasteiger partial charge in [0.25, 0.3) is 5.91 Å². The minimum absolute atomic E-state index is 0.0486. The first-order valence-electron chi connectivity index (χ1n) is 10.8. The second-order valence-electron chi connectivity index (χ2n) is 7.96. The average molecular weight is 514 g/mol. The molecule has 1 atom stereocenters. The summed E-state index contributed by atoms with van der Waals surface area (Å²) in [6.07, 6.45) is 0.774. The highest BCUT2D eigenvalue weighted by Crippen LogP contribution is 2.21. The standard InChI is InChI=1S/C26H29BrN2O2S/c1-4-20(3)29(26(31)22-11-8-12-23(27)15-22)18-25(30)28(16-21-9-6-5-7-10-21)17-24-19(2)13-14-32-24/h5-15,20H,4,16-18H2,1-3H3. The molecular weight excluding hydrogens is 484 g/mol. The molecule has 1 aromatic heterocycles. The van der Waals surface area contributed by atoms with Crippen LogP contribution in [0.4, 0.5) is 0 Å². The summed E-state index contributed by atoms with van der Waals surface area (Å²) >= 11 is 5.10. The molecule has 2 aromatic carbocycles. The molecule has 168 valence electrons. The molecule has 0 spiro atoms. The van der Waals surface area contributed by atoms with E-state index in [1.54, 1.807) is 28.4 Å². The number of rotatable bonds is 9. The Morgan fingerprint density at radius 1 is 1.03 bits per heavy atom. The topological polar surface area (TPSA) is 40.6 Å². The van der Waals surface area contributed by atoms with Gasteiger partial charge in [0.2, 0.25) is 5.91 Å². The van der Waals surface area contributed by atoms with E-state index in [4.69, 9.17) is 0 Å². The van der Waals surface area contributed by atoms with Gasteiger partial charge in [-0.15, -0.1) is 11.3 Å². The SMILES string of the molecule is CCC(C)N(CC(=O)N(Cc1ccccc1)Cc1sccc1C)C(=O)c1cccc(Br)c1. The van der Waals surface area contributed by atoms with E-state index in [-0.39, 0.29) is 24.4 Å². The van der Waals surface area contributed by atoms with Crippen LogP contribution in [0.2, 0.25) is 0 Å². The lowest BCUT2D eigenvalue weighted by molar-refractivity contribution is -0.133. The first-order valence-corrected chi connectivity index (χ1v) is 12.5. The Morgan fingerprint density at radius 3 is 2.41 bits per heavy atom. The van der Waals surface area contributed by atoms with Crippen LogP contribution in [0.3, 0.4) is 0 Å². The predicted octanol–water partition coefficient (Wildman–Crippen LogP) is 6.29. The molecule has 2 amide bonds. The van der Waals surface area contributed by atoms with Gasteiger partial charge in [-0.2, -0.15) is 0 Å². The van der Waals surface area contributed by atoms with Crippen molar-refractivity contribution in [2.24, 2.45) is 0 Å². The maximum atomic E-state index is 13.5. The predicted molar refractivity (Wildman–Crippen MR) is 135 cm³/mol. The number of halogens is 1. The number of aryl methyl sites for hydroxylation is 1. The van der Waals surface area contributed by atoms with Crippen molar-refractivity contribution in [3.63, 3.8) is 0 Å². The fraction of sp³-hybridized carbons (Fsp3) is 0.308. The van der Waals surface area contributed by atoms with Crippen LogP contribution in [0.5, 0.6) is 0 Å². The van der Waals surface area contributed by atoms with Crippen molar-refractivity contribution < 1.29 is 9.59 Å². The average Bonchev–Trinajstić information content (AvgIpc) is 3.20. The van der Waals surface area contributed by atoms with E-state index >= 15 is 0 Å². The zero-order valence-electron chi connectivity index (χ0n) is 18.8. The van der Waals surface area contributed by atoms with E-state index in [1.807, 2.05) is 61.2 Å². The molecule has 1 heterocycles. The number of carbonyl (C=O) groups excluding carboxylic acids is 2. The summed E-state index contributed by atoms with van der Waals surface area (Å²) in [5, 5.41) is 2.05. The summed E-state index contributed by atoms with van der Waals surface area (Å²) in [6.45, 7) is 7.20. The van der Waals surface area contributed by atoms with E-state index in [1.165, 1.54) is 10.4 Å². The fourth-order valence-electron chi connectivity index (χ4n) is 3.46. The lowest BCUT2D eigenvalue weighted by Gasteiger charge is -2.31. The van der Waals surface area contributed by atoms with Crippen LogP contribution in [0.15, 0.2) is 70.5 Å². The molecule has 1 unspecified atom stereocenters. The van der Waals surface area contributed by atoms with Crippen LogP contribution in [-0.2, 0) is 17.9 Å². The largest absolute Gasteiger partial charge is 0.332 e. The summed E-state index contributed by atoms with van der Waals surface area (Å²) in [5.41, 5.74) is 2.84. The number of benzene rings is 2. The molecule has 0 saturated carbocycles. The van der Waals surface area contributed by atoms with Crippen LogP contribution >= 0.6 is 27.3 Å². The Hall–Kier alpha value is -2.44. The maximum absolute atomic E-state index is 13.5. The quantitative estimate of drug-likeness (QED) is 0.338. The van der Waals surface area contributed by atoms with Gasteiger partial charge < -0.3 is 9.80 Å². The van der Waals surface area contributed by atoms with Gasteiger partial charge in [-0.25, -0.2) is 0 Å². The number of nitrogens with zero attached hydrogens (tertiary/aromatic N) is 2. The monoisotopic (exact) mass is 512 g/mol. The highest BCUT2D eigenvalue weighted by atomic mass is 79.9. The van der Waals surface area contributed by atoms with Crippen molar-refractivity contribution in [1.29, 1.82) is 0 Å². The third-order valence-corrected chi connectivity index (χ3v) is 7.13. The second-order valence-corrected chi connectivity index (χ2v) is 9.88. The normalized spacial score (nSPS) is 11.8. The van der Waals surface area contributed by atoms with Crippen LogP contribution in [0.1, 0.15) is 46.6 Å². The molecule has 0 bridgehead atoms. The molecule has 0 aliphatic heterocycles. The van der Waals surface area contributed by atoms with Crippen LogP contribution < -0.4 is 0 Å². The Bertz CT molecular complexity index is 1050. The lowest BCUT2D eigenvalue weighted by atomic mass is 10.1. The van der Waals surface area contributed by atoms with Crippen molar-refractivity contribution in [3.8, 4) is 0 Å². The number of amides is 2. The third-order valence-electron chi connectivity index (χ3n) is 5.63. The molecule has 32 heavy (non-hydrogen) atoms. The molecule has 3 aromatic rings. The molecule has 0 N–H and O–H groups in total. The molecule has 0 radical (unpaired) electrons.